The second-order valence-electron chi connectivity index (χ2n) is 9.83. The van der Waals surface area contributed by atoms with Crippen LogP contribution >= 0.6 is 0 Å². The molecule has 2 amide bonds. The Morgan fingerprint density at radius 1 is 0.872 bits per heavy atom. The molecule has 208 valence electrons. The average molecular weight is 550 g/mol. The number of amides is 2. The molecule has 0 fully saturated rings. The molecule has 0 spiro atoms. The highest BCUT2D eigenvalue weighted by Gasteiger charge is 2.33. The molecule has 0 aliphatic heterocycles. The SMILES string of the molecule is CCCNC(=O)[C@H](CC)N(Cc1ccccc1C)C(=O)CN(c1cc(C)cc(C)c1)S(=O)(=O)c1ccccc1. The molecule has 39 heavy (non-hydrogen) atoms. The van der Waals surface area contributed by atoms with Crippen molar-refractivity contribution in [2.75, 3.05) is 17.4 Å². The Morgan fingerprint density at radius 2 is 1.49 bits per heavy atom. The maximum Gasteiger partial charge on any atom is 0.264 e. The number of carbonyl (C=O) groups is 2. The first-order valence-corrected chi connectivity index (χ1v) is 14.8. The summed E-state index contributed by atoms with van der Waals surface area (Å²) in [5.41, 5.74) is 4.06. The van der Waals surface area contributed by atoms with Crippen molar-refractivity contribution >= 4 is 27.5 Å². The standard InChI is InChI=1S/C31H39N3O4S/c1-6-17-32-31(36)29(7-2)33(21-26-14-12-11-13-25(26)5)30(35)22-34(27-19-23(3)18-24(4)20-27)39(37,38)28-15-9-8-10-16-28/h8-16,18-20,29H,6-7,17,21-22H2,1-5H3,(H,32,36)/t29-/m0/s1. The summed E-state index contributed by atoms with van der Waals surface area (Å²) in [6, 6.07) is 20.5. The molecule has 0 saturated carbocycles. The molecule has 0 radical (unpaired) electrons. The summed E-state index contributed by atoms with van der Waals surface area (Å²) in [4.78, 5) is 28.9. The minimum absolute atomic E-state index is 0.0927. The fourth-order valence-corrected chi connectivity index (χ4v) is 6.02. The van der Waals surface area contributed by atoms with Crippen LogP contribution in [0.2, 0.25) is 0 Å². The Hall–Kier alpha value is -3.65. The van der Waals surface area contributed by atoms with Gasteiger partial charge in [-0.15, -0.1) is 0 Å². The van der Waals surface area contributed by atoms with Gasteiger partial charge in [0, 0.05) is 13.1 Å². The maximum atomic E-state index is 14.1. The molecule has 0 aliphatic rings. The van der Waals surface area contributed by atoms with Gasteiger partial charge in [0.05, 0.1) is 10.6 Å². The molecule has 8 heteroatoms. The first-order valence-electron chi connectivity index (χ1n) is 13.4. The van der Waals surface area contributed by atoms with E-state index in [1.165, 1.54) is 17.0 Å². The number of sulfonamides is 1. The van der Waals surface area contributed by atoms with Crippen molar-refractivity contribution in [3.05, 3.63) is 95.1 Å². The van der Waals surface area contributed by atoms with Gasteiger partial charge in [-0.1, -0.05) is 62.4 Å². The summed E-state index contributed by atoms with van der Waals surface area (Å²) < 4.78 is 29.0. The number of benzene rings is 3. The molecule has 3 aromatic carbocycles. The summed E-state index contributed by atoms with van der Waals surface area (Å²) in [5.74, 6) is -0.694. The topological polar surface area (TPSA) is 86.8 Å². The third-order valence-electron chi connectivity index (χ3n) is 6.64. The number of carbonyl (C=O) groups excluding carboxylic acids is 2. The lowest BCUT2D eigenvalue weighted by molar-refractivity contribution is -0.140. The Morgan fingerprint density at radius 3 is 2.08 bits per heavy atom. The van der Waals surface area contributed by atoms with Crippen molar-refractivity contribution < 1.29 is 18.0 Å². The lowest BCUT2D eigenvalue weighted by Crippen LogP contribution is -2.52. The van der Waals surface area contributed by atoms with Gasteiger partial charge in [-0.3, -0.25) is 13.9 Å². The number of hydrogen-bond donors (Lipinski definition) is 1. The molecule has 3 rings (SSSR count). The van der Waals surface area contributed by atoms with Gasteiger partial charge in [0.15, 0.2) is 0 Å². The Bertz CT molecular complexity index is 1370. The Labute approximate surface area is 232 Å². The number of nitrogens with zero attached hydrogens (tertiary/aromatic N) is 2. The van der Waals surface area contributed by atoms with Crippen molar-refractivity contribution in [1.82, 2.24) is 10.2 Å². The predicted molar refractivity (Wildman–Crippen MR) is 156 cm³/mol. The lowest BCUT2D eigenvalue weighted by Gasteiger charge is -2.33. The zero-order valence-electron chi connectivity index (χ0n) is 23.5. The van der Waals surface area contributed by atoms with Gasteiger partial charge in [0.25, 0.3) is 10.0 Å². The monoisotopic (exact) mass is 549 g/mol. The van der Waals surface area contributed by atoms with Crippen LogP contribution in [0.1, 0.15) is 48.9 Å². The van der Waals surface area contributed by atoms with E-state index in [9.17, 15) is 18.0 Å². The second-order valence-corrected chi connectivity index (χ2v) is 11.7. The van der Waals surface area contributed by atoms with Crippen LogP contribution in [-0.2, 0) is 26.2 Å². The van der Waals surface area contributed by atoms with Gasteiger partial charge < -0.3 is 10.2 Å². The minimum atomic E-state index is -4.08. The quantitative estimate of drug-likeness (QED) is 0.339. The Kier molecular flexibility index (Phi) is 10.3. The summed E-state index contributed by atoms with van der Waals surface area (Å²) in [6.07, 6.45) is 1.16. The average Bonchev–Trinajstić information content (AvgIpc) is 2.91. The van der Waals surface area contributed by atoms with Gasteiger partial charge in [-0.05, 0) is 80.1 Å². The first-order chi connectivity index (χ1) is 18.6. The van der Waals surface area contributed by atoms with Crippen molar-refractivity contribution in [3.8, 4) is 0 Å². The molecular formula is C31H39N3O4S. The number of anilines is 1. The molecule has 0 bridgehead atoms. The van der Waals surface area contributed by atoms with E-state index in [2.05, 4.69) is 5.32 Å². The molecule has 0 aliphatic carbocycles. The van der Waals surface area contributed by atoms with E-state index < -0.39 is 28.5 Å². The van der Waals surface area contributed by atoms with Gasteiger partial charge >= 0.3 is 0 Å². The van der Waals surface area contributed by atoms with Crippen molar-refractivity contribution in [2.45, 2.75) is 64.9 Å². The van der Waals surface area contributed by atoms with Crippen molar-refractivity contribution in [2.24, 2.45) is 0 Å². The van der Waals surface area contributed by atoms with E-state index in [0.717, 1.165) is 33.0 Å². The maximum absolute atomic E-state index is 14.1. The van der Waals surface area contributed by atoms with Crippen LogP contribution in [0.4, 0.5) is 5.69 Å². The fourth-order valence-electron chi connectivity index (χ4n) is 4.60. The smallest absolute Gasteiger partial charge is 0.264 e. The number of hydrogen-bond acceptors (Lipinski definition) is 4. The van der Waals surface area contributed by atoms with Crippen molar-refractivity contribution in [1.29, 1.82) is 0 Å². The molecule has 0 heterocycles. The summed E-state index contributed by atoms with van der Waals surface area (Å²) in [6.45, 7) is 9.81. The highest BCUT2D eigenvalue weighted by Crippen LogP contribution is 2.27. The molecule has 7 nitrogen and oxygen atoms in total. The third-order valence-corrected chi connectivity index (χ3v) is 8.43. The normalized spacial score (nSPS) is 12.0. The van der Waals surface area contributed by atoms with Gasteiger partial charge in [0.1, 0.15) is 12.6 Å². The van der Waals surface area contributed by atoms with E-state index in [1.54, 1.807) is 30.3 Å². The zero-order chi connectivity index (χ0) is 28.6. The zero-order valence-corrected chi connectivity index (χ0v) is 24.3. The number of aryl methyl sites for hydroxylation is 3. The van der Waals surface area contributed by atoms with Crippen LogP contribution < -0.4 is 9.62 Å². The van der Waals surface area contributed by atoms with Crippen LogP contribution in [0.5, 0.6) is 0 Å². The van der Waals surface area contributed by atoms with Crippen LogP contribution in [0, 0.1) is 20.8 Å². The summed E-state index contributed by atoms with van der Waals surface area (Å²) >= 11 is 0. The van der Waals surface area contributed by atoms with E-state index in [1.807, 2.05) is 65.0 Å². The fraction of sp³-hybridized carbons (Fsp3) is 0.355. The van der Waals surface area contributed by atoms with Crippen LogP contribution in [0.25, 0.3) is 0 Å². The molecule has 3 aromatic rings. The number of rotatable bonds is 12. The summed E-state index contributed by atoms with van der Waals surface area (Å²) in [7, 11) is -4.08. The first kappa shape index (κ1) is 29.9. The summed E-state index contributed by atoms with van der Waals surface area (Å²) in [5, 5.41) is 2.91. The van der Waals surface area contributed by atoms with E-state index in [0.29, 0.717) is 18.7 Å². The van der Waals surface area contributed by atoms with Gasteiger partial charge in [-0.2, -0.15) is 0 Å². The highest BCUT2D eigenvalue weighted by atomic mass is 32.2. The molecule has 0 saturated heterocycles. The molecule has 0 unspecified atom stereocenters. The van der Waals surface area contributed by atoms with Gasteiger partial charge in [0.2, 0.25) is 11.8 Å². The van der Waals surface area contributed by atoms with Crippen molar-refractivity contribution in [3.63, 3.8) is 0 Å². The van der Waals surface area contributed by atoms with E-state index in [4.69, 9.17) is 0 Å². The van der Waals surface area contributed by atoms with Gasteiger partial charge in [-0.25, -0.2) is 8.42 Å². The third kappa shape index (κ3) is 7.47. The second kappa shape index (κ2) is 13.4. The van der Waals surface area contributed by atoms with E-state index in [-0.39, 0.29) is 17.3 Å². The largest absolute Gasteiger partial charge is 0.354 e. The molecule has 1 atom stereocenters. The highest BCUT2D eigenvalue weighted by molar-refractivity contribution is 7.92. The minimum Gasteiger partial charge on any atom is -0.354 e. The van der Waals surface area contributed by atoms with E-state index >= 15 is 0 Å². The molecule has 0 aromatic heterocycles. The number of nitrogens with one attached hydrogen (secondary N) is 1. The lowest BCUT2D eigenvalue weighted by atomic mass is 10.1. The molecular weight excluding hydrogens is 510 g/mol. The Balaban J connectivity index is 2.08. The predicted octanol–water partition coefficient (Wildman–Crippen LogP) is 5.14. The van der Waals surface area contributed by atoms with Crippen LogP contribution in [-0.4, -0.2) is 44.3 Å². The van der Waals surface area contributed by atoms with Crippen LogP contribution in [0.3, 0.4) is 0 Å². The van der Waals surface area contributed by atoms with Crippen LogP contribution in [0.15, 0.2) is 77.7 Å². The molecule has 1 N–H and O–H groups in total.